The molecule has 0 aliphatic heterocycles. The fraction of sp³-hybridized carbons (Fsp3) is 0.588. The van der Waals surface area contributed by atoms with Gasteiger partial charge < -0.3 is 10.2 Å². The molecule has 0 spiro atoms. The number of benzene rings is 1. The Hall–Kier alpha value is -1.35. The first-order chi connectivity index (χ1) is 9.43. The van der Waals surface area contributed by atoms with Gasteiger partial charge in [-0.15, -0.1) is 0 Å². The average Bonchev–Trinajstić information content (AvgIpc) is 2.44. The van der Waals surface area contributed by atoms with E-state index in [9.17, 15) is 4.79 Å². The van der Waals surface area contributed by atoms with Crippen molar-refractivity contribution in [3.63, 3.8) is 0 Å². The zero-order valence-electron chi connectivity index (χ0n) is 13.4. The molecule has 1 unspecified atom stereocenters. The quantitative estimate of drug-likeness (QED) is 0.830. The molecule has 3 heteroatoms. The third-order valence-electron chi connectivity index (χ3n) is 3.50. The Labute approximate surface area is 123 Å². The second kappa shape index (κ2) is 8.05. The van der Waals surface area contributed by atoms with Crippen LogP contribution in [0.25, 0.3) is 0 Å². The first-order valence-corrected chi connectivity index (χ1v) is 7.50. The van der Waals surface area contributed by atoms with Crippen LogP contribution in [0.4, 0.5) is 0 Å². The van der Waals surface area contributed by atoms with E-state index < -0.39 is 0 Å². The van der Waals surface area contributed by atoms with E-state index in [0.29, 0.717) is 5.92 Å². The summed E-state index contributed by atoms with van der Waals surface area (Å²) in [5.41, 5.74) is 2.59. The number of rotatable bonds is 7. The van der Waals surface area contributed by atoms with Gasteiger partial charge in [0.1, 0.15) is 0 Å². The molecule has 0 bridgehead atoms. The van der Waals surface area contributed by atoms with Crippen molar-refractivity contribution in [1.82, 2.24) is 10.2 Å². The normalized spacial score (nSPS) is 12.5. The highest BCUT2D eigenvalue weighted by atomic mass is 16.2. The number of amides is 1. The zero-order chi connectivity index (χ0) is 15.1. The molecule has 112 valence electrons. The van der Waals surface area contributed by atoms with Crippen LogP contribution in [0.2, 0.25) is 0 Å². The van der Waals surface area contributed by atoms with Crippen LogP contribution in [0.3, 0.4) is 0 Å². The Morgan fingerprint density at radius 2 is 1.70 bits per heavy atom. The predicted molar refractivity (Wildman–Crippen MR) is 84.6 cm³/mol. The summed E-state index contributed by atoms with van der Waals surface area (Å²) in [4.78, 5) is 13.7. The summed E-state index contributed by atoms with van der Waals surface area (Å²) in [5, 5.41) is 3.28. The van der Waals surface area contributed by atoms with Crippen LogP contribution in [-0.2, 0) is 17.8 Å². The molecule has 1 aromatic carbocycles. The van der Waals surface area contributed by atoms with Crippen molar-refractivity contribution in [2.45, 2.75) is 46.7 Å². The number of nitrogens with one attached hydrogen (secondary N) is 1. The van der Waals surface area contributed by atoms with Crippen LogP contribution in [0, 0.1) is 5.92 Å². The average molecular weight is 276 g/mol. The van der Waals surface area contributed by atoms with E-state index in [1.54, 1.807) is 4.90 Å². The van der Waals surface area contributed by atoms with Crippen molar-refractivity contribution in [1.29, 1.82) is 0 Å². The van der Waals surface area contributed by atoms with Crippen LogP contribution in [0.5, 0.6) is 0 Å². The Bertz CT molecular complexity index is 412. The molecule has 0 aliphatic rings. The van der Waals surface area contributed by atoms with Gasteiger partial charge in [-0.25, -0.2) is 0 Å². The maximum absolute atomic E-state index is 11.9. The van der Waals surface area contributed by atoms with E-state index in [1.807, 2.05) is 20.9 Å². The SMILES string of the molecule is CCN(C)C(=O)C(C)NCc1ccc(CC(C)C)cc1. The highest BCUT2D eigenvalue weighted by molar-refractivity contribution is 5.81. The molecule has 1 atom stereocenters. The maximum atomic E-state index is 11.9. The van der Waals surface area contributed by atoms with Gasteiger partial charge in [0.2, 0.25) is 5.91 Å². The van der Waals surface area contributed by atoms with Gasteiger partial charge >= 0.3 is 0 Å². The second-order valence-electron chi connectivity index (χ2n) is 5.87. The largest absolute Gasteiger partial charge is 0.345 e. The van der Waals surface area contributed by atoms with Crippen molar-refractivity contribution < 1.29 is 4.79 Å². The summed E-state index contributed by atoms with van der Waals surface area (Å²) in [5.74, 6) is 0.824. The highest BCUT2D eigenvalue weighted by Crippen LogP contribution is 2.10. The number of carbonyl (C=O) groups excluding carboxylic acids is 1. The minimum absolute atomic E-state index is 0.143. The molecule has 0 radical (unpaired) electrons. The molecule has 1 amide bonds. The minimum atomic E-state index is -0.143. The Balaban J connectivity index is 2.47. The fourth-order valence-corrected chi connectivity index (χ4v) is 2.11. The number of nitrogens with zero attached hydrogens (tertiary/aromatic N) is 1. The van der Waals surface area contributed by atoms with E-state index >= 15 is 0 Å². The van der Waals surface area contributed by atoms with Crippen LogP contribution in [0.1, 0.15) is 38.8 Å². The van der Waals surface area contributed by atoms with Gasteiger partial charge in [-0.1, -0.05) is 38.1 Å². The summed E-state index contributed by atoms with van der Waals surface area (Å²) in [6.45, 7) is 9.83. The van der Waals surface area contributed by atoms with Crippen molar-refractivity contribution in [2.24, 2.45) is 5.92 Å². The van der Waals surface area contributed by atoms with Gasteiger partial charge in [0, 0.05) is 20.1 Å². The molecule has 1 aromatic rings. The lowest BCUT2D eigenvalue weighted by molar-refractivity contribution is -0.131. The summed E-state index contributed by atoms with van der Waals surface area (Å²) in [6, 6.07) is 8.51. The summed E-state index contributed by atoms with van der Waals surface area (Å²) < 4.78 is 0. The van der Waals surface area contributed by atoms with Gasteiger partial charge in [-0.05, 0) is 37.3 Å². The second-order valence-corrected chi connectivity index (χ2v) is 5.87. The molecule has 1 rings (SSSR count). The fourth-order valence-electron chi connectivity index (χ4n) is 2.11. The van der Waals surface area contributed by atoms with Crippen LogP contribution in [0.15, 0.2) is 24.3 Å². The van der Waals surface area contributed by atoms with Crippen LogP contribution >= 0.6 is 0 Å². The van der Waals surface area contributed by atoms with Crippen molar-refractivity contribution >= 4 is 5.91 Å². The topological polar surface area (TPSA) is 32.3 Å². The summed E-state index contributed by atoms with van der Waals surface area (Å²) in [7, 11) is 1.83. The van der Waals surface area contributed by atoms with Crippen molar-refractivity contribution in [2.75, 3.05) is 13.6 Å². The highest BCUT2D eigenvalue weighted by Gasteiger charge is 2.15. The smallest absolute Gasteiger partial charge is 0.239 e. The van der Waals surface area contributed by atoms with Gasteiger partial charge in [0.05, 0.1) is 6.04 Å². The Morgan fingerprint density at radius 1 is 1.15 bits per heavy atom. The van der Waals surface area contributed by atoms with E-state index in [-0.39, 0.29) is 11.9 Å². The third kappa shape index (κ3) is 5.33. The van der Waals surface area contributed by atoms with Crippen molar-refractivity contribution in [3.05, 3.63) is 35.4 Å². The first kappa shape index (κ1) is 16.7. The molecule has 0 saturated heterocycles. The molecular weight excluding hydrogens is 248 g/mol. The lowest BCUT2D eigenvalue weighted by atomic mass is 10.0. The molecule has 3 nitrogen and oxygen atoms in total. The zero-order valence-corrected chi connectivity index (χ0v) is 13.4. The van der Waals surface area contributed by atoms with E-state index in [1.165, 1.54) is 11.1 Å². The van der Waals surface area contributed by atoms with E-state index in [0.717, 1.165) is 19.5 Å². The molecule has 0 saturated carbocycles. The third-order valence-corrected chi connectivity index (χ3v) is 3.50. The number of hydrogen-bond donors (Lipinski definition) is 1. The van der Waals surface area contributed by atoms with Crippen LogP contribution in [-0.4, -0.2) is 30.4 Å². The molecule has 0 fully saturated rings. The first-order valence-electron chi connectivity index (χ1n) is 7.50. The molecule has 1 N–H and O–H groups in total. The Morgan fingerprint density at radius 3 is 2.20 bits per heavy atom. The summed E-state index contributed by atoms with van der Waals surface area (Å²) in [6.07, 6.45) is 1.11. The molecule has 0 aromatic heterocycles. The molecule has 20 heavy (non-hydrogen) atoms. The maximum Gasteiger partial charge on any atom is 0.239 e. The lowest BCUT2D eigenvalue weighted by Crippen LogP contribution is -2.42. The lowest BCUT2D eigenvalue weighted by Gasteiger charge is -2.20. The Kier molecular flexibility index (Phi) is 6.73. The standard InChI is InChI=1S/C17H28N2O/c1-6-19(5)17(20)14(4)18-12-16-9-7-15(8-10-16)11-13(2)3/h7-10,13-14,18H,6,11-12H2,1-5H3. The number of carbonyl (C=O) groups is 1. The van der Waals surface area contributed by atoms with Crippen molar-refractivity contribution in [3.8, 4) is 0 Å². The molecule has 0 aliphatic carbocycles. The van der Waals surface area contributed by atoms with Gasteiger partial charge in [-0.2, -0.15) is 0 Å². The predicted octanol–water partition coefficient (Wildman–Crippen LogP) is 2.84. The van der Waals surface area contributed by atoms with Gasteiger partial charge in [-0.3, -0.25) is 4.79 Å². The minimum Gasteiger partial charge on any atom is -0.345 e. The summed E-state index contributed by atoms with van der Waals surface area (Å²) >= 11 is 0. The molecule has 0 heterocycles. The van der Waals surface area contributed by atoms with E-state index in [2.05, 4.69) is 43.4 Å². The molecular formula is C17H28N2O. The van der Waals surface area contributed by atoms with Gasteiger partial charge in [0.15, 0.2) is 0 Å². The number of hydrogen-bond acceptors (Lipinski definition) is 2. The van der Waals surface area contributed by atoms with E-state index in [4.69, 9.17) is 0 Å². The monoisotopic (exact) mass is 276 g/mol. The van der Waals surface area contributed by atoms with Crippen LogP contribution < -0.4 is 5.32 Å². The number of likely N-dealkylation sites (N-methyl/N-ethyl adjacent to an activating group) is 1. The van der Waals surface area contributed by atoms with Gasteiger partial charge in [0.25, 0.3) is 0 Å².